The number of hydrogen-bond acceptors (Lipinski definition) is 5. The first kappa shape index (κ1) is 18.1. The quantitative estimate of drug-likeness (QED) is 0.838. The number of aromatic nitrogens is 2. The molecule has 0 atom stereocenters. The Morgan fingerprint density at radius 2 is 1.72 bits per heavy atom. The van der Waals surface area contributed by atoms with Crippen LogP contribution in [0.1, 0.15) is 62.1 Å². The number of piperidine rings is 1. The van der Waals surface area contributed by atoms with Crippen LogP contribution < -0.4 is 4.90 Å². The maximum atomic E-state index is 13.0. The number of hydrogen-bond donors (Lipinski definition) is 0. The Kier molecular flexibility index (Phi) is 5.89. The largest absolute Gasteiger partial charge is 0.341 e. The zero-order chi connectivity index (χ0) is 17.8. The minimum absolute atomic E-state index is 0.0540. The summed E-state index contributed by atoms with van der Waals surface area (Å²) in [5.74, 6) is 1.08. The molecule has 0 N–H and O–H groups in total. The molecule has 3 heterocycles. The summed E-state index contributed by atoms with van der Waals surface area (Å²) in [5.41, 5.74) is 1.52. The van der Waals surface area contributed by atoms with Crippen molar-refractivity contribution in [2.24, 2.45) is 0 Å². The second kappa shape index (κ2) is 8.13. The molecule has 1 amide bonds. The Balaban J connectivity index is 1.81. The van der Waals surface area contributed by atoms with Gasteiger partial charge in [-0.15, -0.1) is 0 Å². The fraction of sp³-hybridized carbons (Fsp3) is 0.737. The van der Waals surface area contributed by atoms with E-state index in [0.29, 0.717) is 5.69 Å². The Morgan fingerprint density at radius 1 is 1.04 bits per heavy atom. The second-order valence-corrected chi connectivity index (χ2v) is 7.41. The van der Waals surface area contributed by atoms with Gasteiger partial charge in [-0.1, -0.05) is 20.8 Å². The summed E-state index contributed by atoms with van der Waals surface area (Å²) in [7, 11) is 0. The van der Waals surface area contributed by atoms with Crippen molar-refractivity contribution in [3.8, 4) is 0 Å². The van der Waals surface area contributed by atoms with Gasteiger partial charge in [0.15, 0.2) is 0 Å². The van der Waals surface area contributed by atoms with Crippen LogP contribution in [0, 0.1) is 0 Å². The Hall–Kier alpha value is -1.69. The van der Waals surface area contributed by atoms with Gasteiger partial charge in [0.2, 0.25) is 5.95 Å². The third-order valence-electron chi connectivity index (χ3n) is 5.29. The lowest BCUT2D eigenvalue weighted by Gasteiger charge is -2.34. The summed E-state index contributed by atoms with van der Waals surface area (Å²) < 4.78 is 0. The lowest BCUT2D eigenvalue weighted by atomic mass is 10.1. The highest BCUT2D eigenvalue weighted by molar-refractivity contribution is 5.92. The molecular weight excluding hydrogens is 314 g/mol. The van der Waals surface area contributed by atoms with Crippen molar-refractivity contribution in [2.75, 3.05) is 50.7 Å². The van der Waals surface area contributed by atoms with Crippen LogP contribution in [0.3, 0.4) is 0 Å². The number of piperazine rings is 1. The maximum Gasteiger partial charge on any atom is 0.272 e. The van der Waals surface area contributed by atoms with Gasteiger partial charge in [0.25, 0.3) is 5.91 Å². The molecule has 25 heavy (non-hydrogen) atoms. The number of carbonyl (C=O) groups is 1. The number of likely N-dealkylation sites (N-methyl/N-ethyl adjacent to an activating group) is 1. The van der Waals surface area contributed by atoms with Crippen molar-refractivity contribution < 1.29 is 4.79 Å². The minimum atomic E-state index is 0.0540. The standard InChI is InChI=1S/C19H31N5O/c1-4-22-10-12-23(13-11-22)18(25)17-14-16(15(2)3)20-19(21-17)24-8-6-5-7-9-24/h14-15H,4-13H2,1-3H3. The van der Waals surface area contributed by atoms with Gasteiger partial charge in [-0.25, -0.2) is 9.97 Å². The predicted molar refractivity (Wildman–Crippen MR) is 100 cm³/mol. The van der Waals surface area contributed by atoms with Gasteiger partial charge in [0.1, 0.15) is 5.69 Å². The zero-order valence-corrected chi connectivity index (χ0v) is 15.9. The summed E-state index contributed by atoms with van der Waals surface area (Å²) in [5, 5.41) is 0. The Morgan fingerprint density at radius 3 is 2.32 bits per heavy atom. The van der Waals surface area contributed by atoms with Gasteiger partial charge in [-0.2, -0.15) is 0 Å². The minimum Gasteiger partial charge on any atom is -0.341 e. The first-order chi connectivity index (χ1) is 12.1. The van der Waals surface area contributed by atoms with Gasteiger partial charge in [-0.3, -0.25) is 4.79 Å². The van der Waals surface area contributed by atoms with Gasteiger partial charge >= 0.3 is 0 Å². The first-order valence-electron chi connectivity index (χ1n) is 9.74. The van der Waals surface area contributed by atoms with Gasteiger partial charge in [0, 0.05) is 45.0 Å². The summed E-state index contributed by atoms with van der Waals surface area (Å²) in [6.07, 6.45) is 3.63. The number of rotatable bonds is 4. The molecule has 0 aliphatic carbocycles. The van der Waals surface area contributed by atoms with Crippen LogP contribution in [0.2, 0.25) is 0 Å². The third kappa shape index (κ3) is 4.29. The molecule has 0 bridgehead atoms. The molecule has 3 rings (SSSR count). The highest BCUT2D eigenvalue weighted by Crippen LogP contribution is 2.21. The Labute approximate surface area is 151 Å². The van der Waals surface area contributed by atoms with E-state index in [4.69, 9.17) is 4.98 Å². The molecule has 138 valence electrons. The van der Waals surface area contributed by atoms with Crippen LogP contribution in [0.25, 0.3) is 0 Å². The summed E-state index contributed by atoms with van der Waals surface area (Å²) in [6.45, 7) is 12.9. The van der Waals surface area contributed by atoms with Crippen LogP contribution >= 0.6 is 0 Å². The SMILES string of the molecule is CCN1CCN(C(=O)c2cc(C(C)C)nc(N3CCCCC3)n2)CC1. The molecule has 1 aromatic rings. The van der Waals surface area contributed by atoms with Crippen molar-refractivity contribution in [3.05, 3.63) is 17.5 Å². The van der Waals surface area contributed by atoms with Crippen molar-refractivity contribution in [2.45, 2.75) is 46.0 Å². The average Bonchev–Trinajstić information content (AvgIpc) is 2.67. The van der Waals surface area contributed by atoms with E-state index in [-0.39, 0.29) is 11.8 Å². The van der Waals surface area contributed by atoms with Crippen LogP contribution in [0.15, 0.2) is 6.07 Å². The van der Waals surface area contributed by atoms with E-state index in [9.17, 15) is 4.79 Å². The Bertz CT molecular complexity index is 589. The topological polar surface area (TPSA) is 52.6 Å². The van der Waals surface area contributed by atoms with E-state index in [1.165, 1.54) is 19.3 Å². The van der Waals surface area contributed by atoms with Crippen molar-refractivity contribution in [3.63, 3.8) is 0 Å². The van der Waals surface area contributed by atoms with Gasteiger partial charge in [0.05, 0.1) is 0 Å². The molecule has 6 nitrogen and oxygen atoms in total. The third-order valence-corrected chi connectivity index (χ3v) is 5.29. The van der Waals surface area contributed by atoms with Crippen molar-refractivity contribution >= 4 is 11.9 Å². The molecule has 6 heteroatoms. The zero-order valence-electron chi connectivity index (χ0n) is 15.9. The molecule has 0 spiro atoms. The molecule has 2 fully saturated rings. The maximum absolute atomic E-state index is 13.0. The van der Waals surface area contributed by atoms with Crippen LogP contribution in [-0.4, -0.2) is 71.5 Å². The monoisotopic (exact) mass is 345 g/mol. The molecule has 2 aliphatic heterocycles. The average molecular weight is 345 g/mol. The molecule has 0 saturated carbocycles. The molecule has 2 saturated heterocycles. The van der Waals surface area contributed by atoms with Crippen molar-refractivity contribution in [1.29, 1.82) is 0 Å². The van der Waals surface area contributed by atoms with Crippen LogP contribution in [0.4, 0.5) is 5.95 Å². The molecule has 0 aromatic carbocycles. The lowest BCUT2D eigenvalue weighted by molar-refractivity contribution is 0.0637. The molecule has 2 aliphatic rings. The lowest BCUT2D eigenvalue weighted by Crippen LogP contribution is -2.48. The fourth-order valence-corrected chi connectivity index (χ4v) is 3.52. The highest BCUT2D eigenvalue weighted by Gasteiger charge is 2.25. The normalized spacial score (nSPS) is 19.5. The van der Waals surface area contributed by atoms with Crippen molar-refractivity contribution in [1.82, 2.24) is 19.8 Å². The second-order valence-electron chi connectivity index (χ2n) is 7.41. The fourth-order valence-electron chi connectivity index (χ4n) is 3.52. The van der Waals surface area contributed by atoms with Gasteiger partial charge < -0.3 is 14.7 Å². The van der Waals surface area contributed by atoms with E-state index < -0.39 is 0 Å². The van der Waals surface area contributed by atoms with E-state index in [1.54, 1.807) is 0 Å². The summed E-state index contributed by atoms with van der Waals surface area (Å²) in [4.78, 5) is 29.0. The molecule has 0 radical (unpaired) electrons. The van der Waals surface area contributed by atoms with Gasteiger partial charge in [-0.05, 0) is 37.8 Å². The van der Waals surface area contributed by atoms with E-state index in [2.05, 4.69) is 35.6 Å². The molecule has 0 unspecified atom stereocenters. The summed E-state index contributed by atoms with van der Waals surface area (Å²) in [6, 6.07) is 1.90. The van der Waals surface area contributed by atoms with E-state index >= 15 is 0 Å². The number of carbonyl (C=O) groups excluding carboxylic acids is 1. The smallest absolute Gasteiger partial charge is 0.272 e. The van der Waals surface area contributed by atoms with E-state index in [1.807, 2.05) is 11.0 Å². The summed E-state index contributed by atoms with van der Waals surface area (Å²) >= 11 is 0. The highest BCUT2D eigenvalue weighted by atomic mass is 16.2. The first-order valence-corrected chi connectivity index (χ1v) is 9.74. The van der Waals surface area contributed by atoms with Crippen LogP contribution in [0.5, 0.6) is 0 Å². The van der Waals surface area contributed by atoms with Crippen LogP contribution in [-0.2, 0) is 0 Å². The molecule has 1 aromatic heterocycles. The van der Waals surface area contributed by atoms with E-state index in [0.717, 1.165) is 57.5 Å². The number of anilines is 1. The molecular formula is C19H31N5O. The number of nitrogens with zero attached hydrogens (tertiary/aromatic N) is 5. The number of amides is 1. The predicted octanol–water partition coefficient (Wildman–Crippen LogP) is 2.37.